The Labute approximate surface area is 127 Å². The summed E-state index contributed by atoms with van der Waals surface area (Å²) in [6.45, 7) is 6.23. The predicted molar refractivity (Wildman–Crippen MR) is 84.8 cm³/mol. The highest BCUT2D eigenvalue weighted by Gasteiger charge is 2.30. The van der Waals surface area contributed by atoms with Gasteiger partial charge in [-0.2, -0.15) is 0 Å². The van der Waals surface area contributed by atoms with E-state index in [-0.39, 0.29) is 0 Å². The number of aryl methyl sites for hydroxylation is 1. The normalized spacial score (nSPS) is 14.4. The van der Waals surface area contributed by atoms with E-state index in [9.17, 15) is 0 Å². The third-order valence-electron chi connectivity index (χ3n) is 3.72. The summed E-state index contributed by atoms with van der Waals surface area (Å²) < 4.78 is 10.2. The third kappa shape index (κ3) is 4.95. The molecule has 1 saturated carbocycles. The molecule has 0 amide bonds. The second-order valence-electron chi connectivity index (χ2n) is 5.57. The maximum absolute atomic E-state index is 5.22. The first-order valence-electron chi connectivity index (χ1n) is 7.67. The Bertz CT molecular complexity index is 436. The topological polar surface area (TPSA) is 46.6 Å². The molecule has 1 fully saturated rings. The summed E-state index contributed by atoms with van der Waals surface area (Å²) in [4.78, 5) is 7.08. The van der Waals surface area contributed by atoms with Crippen molar-refractivity contribution in [3.8, 4) is 0 Å². The van der Waals surface area contributed by atoms with Gasteiger partial charge in [0.25, 0.3) is 0 Å². The number of rotatable bonds is 10. The number of anilines is 1. The molecule has 0 aromatic carbocycles. The molecule has 5 nitrogen and oxygen atoms in total. The van der Waals surface area contributed by atoms with Gasteiger partial charge >= 0.3 is 0 Å². The van der Waals surface area contributed by atoms with E-state index in [4.69, 9.17) is 14.5 Å². The molecule has 0 saturated heterocycles. The first-order valence-corrected chi connectivity index (χ1v) is 7.67. The highest BCUT2D eigenvalue weighted by Crippen LogP contribution is 2.32. The van der Waals surface area contributed by atoms with Crippen molar-refractivity contribution in [2.75, 3.05) is 45.4 Å². The van der Waals surface area contributed by atoms with Crippen LogP contribution in [0.25, 0.3) is 0 Å². The number of ether oxygens (including phenoxy) is 2. The minimum absolute atomic E-state index is 0.650. The lowest BCUT2D eigenvalue weighted by atomic mass is 10.2. The largest absolute Gasteiger partial charge is 0.383 e. The van der Waals surface area contributed by atoms with Crippen molar-refractivity contribution in [1.82, 2.24) is 10.3 Å². The molecule has 1 heterocycles. The molecule has 0 spiro atoms. The van der Waals surface area contributed by atoms with Gasteiger partial charge in [0.1, 0.15) is 5.82 Å². The number of methoxy groups -OCH3 is 2. The zero-order valence-corrected chi connectivity index (χ0v) is 13.4. The van der Waals surface area contributed by atoms with Crippen LogP contribution in [0, 0.1) is 6.92 Å². The SMILES string of the molecule is COCCNCc1cnc(N(CCOC)C2CC2)c(C)c1. The summed E-state index contributed by atoms with van der Waals surface area (Å²) in [6, 6.07) is 2.88. The smallest absolute Gasteiger partial charge is 0.131 e. The predicted octanol–water partition coefficient (Wildman–Crippen LogP) is 1.74. The lowest BCUT2D eigenvalue weighted by Gasteiger charge is -2.25. The van der Waals surface area contributed by atoms with Crippen LogP contribution in [-0.2, 0) is 16.0 Å². The van der Waals surface area contributed by atoms with Crippen LogP contribution >= 0.6 is 0 Å². The first-order chi connectivity index (χ1) is 10.3. The van der Waals surface area contributed by atoms with Crippen molar-refractivity contribution in [1.29, 1.82) is 0 Å². The van der Waals surface area contributed by atoms with E-state index in [1.54, 1.807) is 14.2 Å². The van der Waals surface area contributed by atoms with Crippen molar-refractivity contribution in [2.45, 2.75) is 32.4 Å². The van der Waals surface area contributed by atoms with E-state index in [0.717, 1.165) is 38.7 Å². The van der Waals surface area contributed by atoms with Gasteiger partial charge in [0.2, 0.25) is 0 Å². The average Bonchev–Trinajstić information content (AvgIpc) is 3.30. The zero-order chi connectivity index (χ0) is 15.1. The van der Waals surface area contributed by atoms with Gasteiger partial charge in [-0.05, 0) is 37.0 Å². The molecule has 0 bridgehead atoms. The summed E-state index contributed by atoms with van der Waals surface area (Å²) >= 11 is 0. The maximum atomic E-state index is 5.22. The van der Waals surface area contributed by atoms with Crippen molar-refractivity contribution in [2.24, 2.45) is 0 Å². The molecule has 1 N–H and O–H groups in total. The van der Waals surface area contributed by atoms with Crippen LogP contribution in [0.2, 0.25) is 0 Å². The van der Waals surface area contributed by atoms with Crippen molar-refractivity contribution in [3.63, 3.8) is 0 Å². The Morgan fingerprint density at radius 1 is 1.29 bits per heavy atom. The van der Waals surface area contributed by atoms with Crippen LogP contribution in [0.3, 0.4) is 0 Å². The molecule has 5 heteroatoms. The van der Waals surface area contributed by atoms with Crippen molar-refractivity contribution in [3.05, 3.63) is 23.4 Å². The van der Waals surface area contributed by atoms with E-state index < -0.39 is 0 Å². The number of hydrogen-bond donors (Lipinski definition) is 1. The van der Waals surface area contributed by atoms with Gasteiger partial charge < -0.3 is 19.7 Å². The molecule has 1 aliphatic carbocycles. The maximum Gasteiger partial charge on any atom is 0.131 e. The number of nitrogens with one attached hydrogen (secondary N) is 1. The summed E-state index contributed by atoms with van der Waals surface area (Å²) in [6.07, 6.45) is 4.51. The second-order valence-corrected chi connectivity index (χ2v) is 5.57. The molecule has 1 aliphatic rings. The number of aromatic nitrogens is 1. The van der Waals surface area contributed by atoms with E-state index in [1.807, 2.05) is 6.20 Å². The molecule has 2 rings (SSSR count). The molecular weight excluding hydrogens is 266 g/mol. The number of pyridine rings is 1. The lowest BCUT2D eigenvalue weighted by Crippen LogP contribution is -2.31. The Hall–Kier alpha value is -1.17. The van der Waals surface area contributed by atoms with Crippen LogP contribution in [0.1, 0.15) is 24.0 Å². The number of hydrogen-bond acceptors (Lipinski definition) is 5. The van der Waals surface area contributed by atoms with Crippen molar-refractivity contribution < 1.29 is 9.47 Å². The fraction of sp³-hybridized carbons (Fsp3) is 0.688. The van der Waals surface area contributed by atoms with Crippen LogP contribution in [0.4, 0.5) is 5.82 Å². The Morgan fingerprint density at radius 2 is 2.05 bits per heavy atom. The average molecular weight is 293 g/mol. The number of nitrogens with zero attached hydrogens (tertiary/aromatic N) is 2. The van der Waals surface area contributed by atoms with E-state index >= 15 is 0 Å². The van der Waals surface area contributed by atoms with Crippen molar-refractivity contribution >= 4 is 5.82 Å². The Balaban J connectivity index is 1.96. The third-order valence-corrected chi connectivity index (χ3v) is 3.72. The fourth-order valence-electron chi connectivity index (χ4n) is 2.47. The Morgan fingerprint density at radius 3 is 2.67 bits per heavy atom. The quantitative estimate of drug-likeness (QED) is 0.666. The van der Waals surface area contributed by atoms with Crippen LogP contribution in [0.5, 0.6) is 0 Å². The summed E-state index contributed by atoms with van der Waals surface area (Å²) in [5.74, 6) is 1.11. The fourth-order valence-corrected chi connectivity index (χ4v) is 2.47. The van der Waals surface area contributed by atoms with Crippen LogP contribution in [0.15, 0.2) is 12.3 Å². The summed E-state index contributed by atoms with van der Waals surface area (Å²) in [5.41, 5.74) is 2.46. The second kappa shape index (κ2) is 8.32. The van der Waals surface area contributed by atoms with Gasteiger partial charge in [-0.15, -0.1) is 0 Å². The standard InChI is InChI=1S/C16H27N3O2/c1-13-10-14(11-17-6-8-20-2)12-18-16(13)19(7-9-21-3)15-4-5-15/h10,12,15,17H,4-9,11H2,1-3H3. The van der Waals surface area contributed by atoms with Crippen LogP contribution < -0.4 is 10.2 Å². The Kier molecular flexibility index (Phi) is 6.42. The minimum Gasteiger partial charge on any atom is -0.383 e. The highest BCUT2D eigenvalue weighted by atomic mass is 16.5. The zero-order valence-electron chi connectivity index (χ0n) is 13.4. The van der Waals surface area contributed by atoms with Gasteiger partial charge in [0.05, 0.1) is 13.2 Å². The van der Waals surface area contributed by atoms with Gasteiger partial charge in [-0.25, -0.2) is 4.98 Å². The minimum atomic E-state index is 0.650. The van der Waals surface area contributed by atoms with E-state index in [2.05, 4.69) is 23.2 Å². The van der Waals surface area contributed by atoms with E-state index in [0.29, 0.717) is 6.04 Å². The molecule has 0 unspecified atom stereocenters. The molecule has 1 aromatic heterocycles. The first kappa shape index (κ1) is 16.2. The van der Waals surface area contributed by atoms with Gasteiger partial charge in [0, 0.05) is 46.1 Å². The lowest BCUT2D eigenvalue weighted by molar-refractivity contribution is 0.199. The van der Waals surface area contributed by atoms with Crippen LogP contribution in [-0.4, -0.2) is 51.5 Å². The van der Waals surface area contributed by atoms with Gasteiger partial charge in [-0.3, -0.25) is 0 Å². The highest BCUT2D eigenvalue weighted by molar-refractivity contribution is 5.49. The summed E-state index contributed by atoms with van der Waals surface area (Å²) in [7, 11) is 3.47. The summed E-state index contributed by atoms with van der Waals surface area (Å²) in [5, 5.41) is 3.35. The van der Waals surface area contributed by atoms with E-state index in [1.165, 1.54) is 24.0 Å². The van der Waals surface area contributed by atoms with Gasteiger partial charge in [0.15, 0.2) is 0 Å². The molecule has 118 valence electrons. The molecule has 0 atom stereocenters. The molecule has 1 aromatic rings. The molecule has 21 heavy (non-hydrogen) atoms. The molecule has 0 radical (unpaired) electrons. The monoisotopic (exact) mass is 293 g/mol. The van der Waals surface area contributed by atoms with Gasteiger partial charge in [-0.1, -0.05) is 0 Å². The molecule has 0 aliphatic heterocycles. The molecular formula is C16H27N3O2.